The van der Waals surface area contributed by atoms with E-state index >= 15 is 0 Å². The summed E-state index contributed by atoms with van der Waals surface area (Å²) in [6.45, 7) is 0. The summed E-state index contributed by atoms with van der Waals surface area (Å²) >= 11 is 2.63. The Morgan fingerprint density at radius 2 is 1.55 bits per heavy atom. The Bertz CT molecular complexity index is 1980. The van der Waals surface area contributed by atoms with Crippen LogP contribution < -0.4 is 10.6 Å². The third-order valence-electron chi connectivity index (χ3n) is 6.81. The lowest BCUT2D eigenvalue weighted by Gasteiger charge is -2.16. The molecular formula is C34H24N4O4S2. The standard InChI is InChI=1S/C34H24N4O4S2/c39-32(26-14-13-22-7-4-5-10-24(22)19-26)35-27-15-17-29(18-16-27)44-31(23-8-2-1-3-9-23)33(40)37-34-36-30(21-43-34)25-11-6-12-28(20-25)38(41)42/h1-21,31H,(H,35,39)(H,36,37,40). The number of thiazole rings is 1. The first-order valence-electron chi connectivity index (χ1n) is 13.6. The number of carbonyl (C=O) groups is 2. The van der Waals surface area contributed by atoms with Crippen LogP contribution in [0.4, 0.5) is 16.5 Å². The Kier molecular flexibility index (Phi) is 8.44. The molecule has 0 aliphatic rings. The minimum atomic E-state index is -0.584. The molecule has 216 valence electrons. The highest BCUT2D eigenvalue weighted by atomic mass is 32.2. The maximum absolute atomic E-state index is 13.6. The number of aromatic nitrogens is 1. The summed E-state index contributed by atoms with van der Waals surface area (Å²) < 4.78 is 0. The SMILES string of the molecule is O=C(Nc1ccc(SC(C(=O)Nc2nc(-c3cccc([N+](=O)[O-])c3)cs2)c2ccccc2)cc1)c1ccc2ccccc2c1. The van der Waals surface area contributed by atoms with Gasteiger partial charge in [0.15, 0.2) is 5.13 Å². The number of anilines is 2. The van der Waals surface area contributed by atoms with E-state index in [2.05, 4.69) is 15.6 Å². The van der Waals surface area contributed by atoms with Crippen molar-refractivity contribution >= 4 is 62.2 Å². The molecule has 0 fully saturated rings. The number of nitro groups is 1. The molecule has 6 rings (SSSR count). The van der Waals surface area contributed by atoms with Gasteiger partial charge in [-0.3, -0.25) is 19.7 Å². The van der Waals surface area contributed by atoms with Crippen LogP contribution in [0.5, 0.6) is 0 Å². The molecule has 44 heavy (non-hydrogen) atoms. The number of amides is 2. The van der Waals surface area contributed by atoms with Crippen molar-refractivity contribution < 1.29 is 14.5 Å². The molecule has 0 bridgehead atoms. The number of hydrogen-bond donors (Lipinski definition) is 2. The van der Waals surface area contributed by atoms with E-state index in [1.807, 2.05) is 91.0 Å². The van der Waals surface area contributed by atoms with Crippen molar-refractivity contribution in [1.82, 2.24) is 4.98 Å². The zero-order valence-corrected chi connectivity index (χ0v) is 24.7. The smallest absolute Gasteiger partial charge is 0.270 e. The Morgan fingerprint density at radius 1 is 0.795 bits per heavy atom. The molecule has 0 saturated carbocycles. The van der Waals surface area contributed by atoms with Gasteiger partial charge in [0.05, 0.1) is 10.6 Å². The normalized spacial score (nSPS) is 11.5. The molecule has 1 atom stereocenters. The minimum Gasteiger partial charge on any atom is -0.322 e. The van der Waals surface area contributed by atoms with E-state index in [9.17, 15) is 19.7 Å². The number of nitrogens with zero attached hydrogens (tertiary/aromatic N) is 2. The number of non-ortho nitro benzene ring substituents is 1. The summed E-state index contributed by atoms with van der Waals surface area (Å²) in [5, 5.41) is 20.7. The molecule has 1 heterocycles. The quantitative estimate of drug-likeness (QED) is 0.0955. The Balaban J connectivity index is 1.15. The molecule has 0 radical (unpaired) electrons. The van der Waals surface area contributed by atoms with Crippen molar-refractivity contribution in [3.63, 3.8) is 0 Å². The highest BCUT2D eigenvalue weighted by molar-refractivity contribution is 8.00. The van der Waals surface area contributed by atoms with Crippen molar-refractivity contribution in [2.75, 3.05) is 10.6 Å². The highest BCUT2D eigenvalue weighted by Crippen LogP contribution is 2.37. The molecule has 8 nitrogen and oxygen atoms in total. The average Bonchev–Trinajstić information content (AvgIpc) is 3.53. The number of benzene rings is 5. The molecule has 10 heteroatoms. The largest absolute Gasteiger partial charge is 0.322 e. The molecule has 0 aliphatic heterocycles. The lowest BCUT2D eigenvalue weighted by molar-refractivity contribution is -0.384. The molecule has 2 N–H and O–H groups in total. The monoisotopic (exact) mass is 616 g/mol. The van der Waals surface area contributed by atoms with Gasteiger partial charge in [0.25, 0.3) is 11.6 Å². The number of thioether (sulfide) groups is 1. The van der Waals surface area contributed by atoms with Gasteiger partial charge >= 0.3 is 0 Å². The highest BCUT2D eigenvalue weighted by Gasteiger charge is 2.23. The summed E-state index contributed by atoms with van der Waals surface area (Å²) in [5.41, 5.74) is 3.14. The lowest BCUT2D eigenvalue weighted by atomic mass is 10.1. The van der Waals surface area contributed by atoms with Crippen LogP contribution in [0.15, 0.2) is 132 Å². The number of carbonyl (C=O) groups excluding carboxylic acids is 2. The van der Waals surface area contributed by atoms with Gasteiger partial charge in [-0.2, -0.15) is 0 Å². The Morgan fingerprint density at radius 3 is 2.32 bits per heavy atom. The molecular weight excluding hydrogens is 593 g/mol. The van der Waals surface area contributed by atoms with E-state index in [0.29, 0.717) is 27.6 Å². The first-order valence-corrected chi connectivity index (χ1v) is 15.3. The van der Waals surface area contributed by atoms with Gasteiger partial charge < -0.3 is 10.6 Å². The zero-order valence-electron chi connectivity index (χ0n) is 23.0. The van der Waals surface area contributed by atoms with Crippen molar-refractivity contribution in [3.8, 4) is 11.3 Å². The van der Waals surface area contributed by atoms with Gasteiger partial charge in [-0.05, 0) is 52.7 Å². The van der Waals surface area contributed by atoms with Crippen LogP contribution in [0.3, 0.4) is 0 Å². The number of fused-ring (bicyclic) bond motifs is 1. The predicted octanol–water partition coefficient (Wildman–Crippen LogP) is 8.60. The molecule has 1 unspecified atom stereocenters. The van der Waals surface area contributed by atoms with Crippen LogP contribution in [-0.2, 0) is 4.79 Å². The maximum atomic E-state index is 13.6. The summed E-state index contributed by atoms with van der Waals surface area (Å²) in [5.74, 6) is -0.458. The van der Waals surface area contributed by atoms with E-state index in [0.717, 1.165) is 21.2 Å². The number of hydrogen-bond acceptors (Lipinski definition) is 7. The van der Waals surface area contributed by atoms with Gasteiger partial charge in [0, 0.05) is 39.2 Å². The fraction of sp³-hybridized carbons (Fsp3) is 0.0294. The van der Waals surface area contributed by atoms with Crippen LogP contribution in [0, 0.1) is 10.1 Å². The van der Waals surface area contributed by atoms with E-state index < -0.39 is 10.2 Å². The third kappa shape index (κ3) is 6.67. The second-order valence-corrected chi connectivity index (χ2v) is 11.8. The van der Waals surface area contributed by atoms with Gasteiger partial charge in [-0.25, -0.2) is 4.98 Å². The average molecular weight is 617 g/mol. The third-order valence-corrected chi connectivity index (χ3v) is 8.83. The van der Waals surface area contributed by atoms with E-state index in [1.54, 1.807) is 23.6 Å². The first-order chi connectivity index (χ1) is 21.4. The topological polar surface area (TPSA) is 114 Å². The predicted molar refractivity (Wildman–Crippen MR) is 176 cm³/mol. The Hall–Kier alpha value is -5.32. The molecule has 5 aromatic carbocycles. The molecule has 0 aliphatic carbocycles. The van der Waals surface area contributed by atoms with E-state index in [-0.39, 0.29) is 17.5 Å². The first kappa shape index (κ1) is 28.8. The summed E-state index contributed by atoms with van der Waals surface area (Å²) in [6.07, 6.45) is 0. The lowest BCUT2D eigenvalue weighted by Crippen LogP contribution is -2.19. The maximum Gasteiger partial charge on any atom is 0.270 e. The van der Waals surface area contributed by atoms with Gasteiger partial charge in [-0.1, -0.05) is 72.8 Å². The van der Waals surface area contributed by atoms with E-state index in [1.165, 1.54) is 35.2 Å². The Labute approximate surface area is 260 Å². The van der Waals surface area contributed by atoms with Gasteiger partial charge in [0.1, 0.15) is 5.25 Å². The van der Waals surface area contributed by atoms with Crippen LogP contribution in [0.25, 0.3) is 22.0 Å². The number of nitro benzene ring substituents is 1. The zero-order chi connectivity index (χ0) is 30.5. The minimum absolute atomic E-state index is 0.0269. The fourth-order valence-electron chi connectivity index (χ4n) is 4.60. The summed E-state index contributed by atoms with van der Waals surface area (Å²) in [7, 11) is 0. The van der Waals surface area contributed by atoms with Crippen molar-refractivity contribution in [1.29, 1.82) is 0 Å². The van der Waals surface area contributed by atoms with Crippen LogP contribution in [0.1, 0.15) is 21.2 Å². The van der Waals surface area contributed by atoms with Crippen molar-refractivity contribution in [2.45, 2.75) is 10.1 Å². The number of rotatable bonds is 9. The molecule has 2 amide bonds. The van der Waals surface area contributed by atoms with Crippen LogP contribution in [0.2, 0.25) is 0 Å². The molecule has 0 spiro atoms. The second kappa shape index (κ2) is 12.9. The molecule has 0 saturated heterocycles. The molecule has 6 aromatic rings. The fourth-order valence-corrected chi connectivity index (χ4v) is 6.35. The molecule has 1 aromatic heterocycles. The van der Waals surface area contributed by atoms with Crippen LogP contribution in [-0.4, -0.2) is 21.7 Å². The number of nitrogens with one attached hydrogen (secondary N) is 2. The van der Waals surface area contributed by atoms with Crippen molar-refractivity contribution in [2.24, 2.45) is 0 Å². The van der Waals surface area contributed by atoms with Crippen molar-refractivity contribution in [3.05, 3.63) is 148 Å². The van der Waals surface area contributed by atoms with Gasteiger partial charge in [0.2, 0.25) is 5.91 Å². The van der Waals surface area contributed by atoms with Crippen LogP contribution >= 0.6 is 23.1 Å². The van der Waals surface area contributed by atoms with Gasteiger partial charge in [-0.15, -0.1) is 23.1 Å². The van der Waals surface area contributed by atoms with E-state index in [4.69, 9.17) is 0 Å². The summed E-state index contributed by atoms with van der Waals surface area (Å²) in [4.78, 5) is 42.5. The second-order valence-electron chi connectivity index (χ2n) is 9.78. The summed E-state index contributed by atoms with van der Waals surface area (Å²) in [6, 6.07) is 36.5.